The number of halogens is 1. The molecule has 7 rings (SSSR count). The molecule has 2 aromatic carbocycles. The number of amides is 1. The molecule has 3 aromatic rings. The molecule has 0 spiro atoms. The van der Waals surface area contributed by atoms with Gasteiger partial charge in [-0.25, -0.2) is 9.49 Å². The van der Waals surface area contributed by atoms with E-state index in [0.29, 0.717) is 82.0 Å². The Labute approximate surface area is 249 Å². The minimum Gasteiger partial charge on any atom is -0.378 e. The first kappa shape index (κ1) is 27.7. The fraction of sp³-hybridized carbons (Fsp3) is 0.469. The molecule has 1 amide bonds. The highest BCUT2D eigenvalue weighted by atomic mass is 19.1. The number of hydrogen-bond acceptors (Lipinski definition) is 8. The van der Waals surface area contributed by atoms with Gasteiger partial charge in [0.2, 0.25) is 0 Å². The zero-order valence-corrected chi connectivity index (χ0v) is 24.1. The Hall–Kier alpha value is -4.14. The molecule has 4 aliphatic rings. The van der Waals surface area contributed by atoms with Crippen LogP contribution in [0.3, 0.4) is 0 Å². The molecule has 1 aromatic heterocycles. The number of likely N-dealkylation sites (tertiary alicyclic amines) is 1. The number of ether oxygens (including phenoxy) is 1. The summed E-state index contributed by atoms with van der Waals surface area (Å²) in [5.74, 6) is 0.883. The van der Waals surface area contributed by atoms with Gasteiger partial charge in [0.15, 0.2) is 5.82 Å². The van der Waals surface area contributed by atoms with E-state index in [1.807, 2.05) is 29.2 Å². The number of aryl methyl sites for hydroxylation is 2. The van der Waals surface area contributed by atoms with Crippen molar-refractivity contribution < 1.29 is 13.9 Å². The molecule has 0 bridgehead atoms. The molecule has 0 radical (unpaired) electrons. The van der Waals surface area contributed by atoms with Gasteiger partial charge < -0.3 is 19.9 Å². The lowest BCUT2D eigenvalue weighted by molar-refractivity contribution is 0.0303. The van der Waals surface area contributed by atoms with E-state index < -0.39 is 5.41 Å². The summed E-state index contributed by atoms with van der Waals surface area (Å²) in [5, 5.41) is 28.6. The van der Waals surface area contributed by atoms with Gasteiger partial charge in [-0.05, 0) is 102 Å². The number of aromatic amines is 1. The number of piperidine rings is 1. The number of nitrogens with zero attached hydrogens (tertiary/aromatic N) is 6. The number of nitriles is 1. The number of tetrazole rings is 1. The summed E-state index contributed by atoms with van der Waals surface area (Å²) in [4.78, 5) is 17.4. The summed E-state index contributed by atoms with van der Waals surface area (Å²) in [6.07, 6.45) is 3.90. The summed E-state index contributed by atoms with van der Waals surface area (Å²) >= 11 is 0. The summed E-state index contributed by atoms with van der Waals surface area (Å²) in [6, 6.07) is 13.6. The SMILES string of the molecule is C=C(CNCCC1(c2nnn[nH]2)c2ccc(F)cc2CCc2cc(C(=O)N3CCOCC3)ccc21)N1C(C#N)C[C@@H]2C[C@@H]21. The van der Waals surface area contributed by atoms with Crippen LogP contribution in [-0.4, -0.2) is 87.8 Å². The van der Waals surface area contributed by atoms with Crippen molar-refractivity contribution in [3.05, 3.63) is 88.1 Å². The van der Waals surface area contributed by atoms with E-state index in [2.05, 4.69) is 43.5 Å². The van der Waals surface area contributed by atoms with E-state index in [9.17, 15) is 14.4 Å². The van der Waals surface area contributed by atoms with Gasteiger partial charge >= 0.3 is 0 Å². The Morgan fingerprint density at radius 3 is 2.67 bits per heavy atom. The van der Waals surface area contributed by atoms with E-state index in [4.69, 9.17) is 4.74 Å². The number of carbonyl (C=O) groups excluding carboxylic acids is 1. The summed E-state index contributed by atoms with van der Waals surface area (Å²) in [5.41, 5.74) is 4.62. The number of rotatable bonds is 8. The van der Waals surface area contributed by atoms with Crippen molar-refractivity contribution in [3.63, 3.8) is 0 Å². The quantitative estimate of drug-likeness (QED) is 0.389. The topological polar surface area (TPSA) is 123 Å². The second kappa shape index (κ2) is 11.2. The number of benzene rings is 2. The molecule has 10 nitrogen and oxygen atoms in total. The molecular weight excluding hydrogens is 547 g/mol. The fourth-order valence-electron chi connectivity index (χ4n) is 7.51. The molecular formula is C32H35FN8O2. The van der Waals surface area contributed by atoms with Crippen LogP contribution in [0.5, 0.6) is 0 Å². The Bertz CT molecular complexity index is 1580. The predicted octanol–water partition coefficient (Wildman–Crippen LogP) is 2.72. The normalized spacial score (nSPS) is 25.7. The summed E-state index contributed by atoms with van der Waals surface area (Å²) in [6.45, 7) is 7.67. The number of aromatic nitrogens is 4. The lowest BCUT2D eigenvalue weighted by Crippen LogP contribution is -2.41. The van der Waals surface area contributed by atoms with Gasteiger partial charge in [0.1, 0.15) is 11.9 Å². The van der Waals surface area contributed by atoms with E-state index in [1.165, 1.54) is 6.07 Å². The van der Waals surface area contributed by atoms with Crippen LogP contribution in [0.4, 0.5) is 4.39 Å². The fourth-order valence-corrected chi connectivity index (χ4v) is 7.51. The molecule has 3 fully saturated rings. The lowest BCUT2D eigenvalue weighted by atomic mass is 9.69. The maximum Gasteiger partial charge on any atom is 0.254 e. The zero-order valence-electron chi connectivity index (χ0n) is 24.1. The van der Waals surface area contributed by atoms with Crippen molar-refractivity contribution in [2.24, 2.45) is 5.92 Å². The van der Waals surface area contributed by atoms with E-state index in [-0.39, 0.29) is 17.8 Å². The molecule has 1 saturated carbocycles. The second-order valence-corrected chi connectivity index (χ2v) is 12.1. The first-order valence-corrected chi connectivity index (χ1v) is 15.1. The number of hydrogen-bond donors (Lipinski definition) is 2. The molecule has 4 atom stereocenters. The van der Waals surface area contributed by atoms with Crippen molar-refractivity contribution in [3.8, 4) is 6.07 Å². The van der Waals surface area contributed by atoms with Crippen molar-refractivity contribution in [1.82, 2.24) is 35.7 Å². The van der Waals surface area contributed by atoms with Crippen molar-refractivity contribution in [2.75, 3.05) is 39.4 Å². The molecule has 222 valence electrons. The molecule has 2 N–H and O–H groups in total. The molecule has 2 unspecified atom stereocenters. The number of nitrogens with one attached hydrogen (secondary N) is 2. The van der Waals surface area contributed by atoms with Gasteiger partial charge in [-0.15, -0.1) is 5.10 Å². The van der Waals surface area contributed by atoms with Crippen LogP contribution in [0, 0.1) is 23.1 Å². The molecule has 11 heteroatoms. The van der Waals surface area contributed by atoms with Gasteiger partial charge in [0.25, 0.3) is 5.91 Å². The van der Waals surface area contributed by atoms with Crippen LogP contribution in [0.2, 0.25) is 0 Å². The average molecular weight is 583 g/mol. The highest BCUT2D eigenvalue weighted by Crippen LogP contribution is 2.49. The van der Waals surface area contributed by atoms with Gasteiger partial charge in [-0.1, -0.05) is 18.7 Å². The Kier molecular flexibility index (Phi) is 7.19. The third-order valence-electron chi connectivity index (χ3n) is 9.67. The maximum absolute atomic E-state index is 14.6. The van der Waals surface area contributed by atoms with Crippen LogP contribution in [0.25, 0.3) is 0 Å². The Balaban J connectivity index is 1.22. The van der Waals surface area contributed by atoms with E-state index >= 15 is 0 Å². The Morgan fingerprint density at radius 1 is 1.16 bits per heavy atom. The van der Waals surface area contributed by atoms with Gasteiger partial charge in [-0.2, -0.15) is 5.26 Å². The second-order valence-electron chi connectivity index (χ2n) is 12.1. The predicted molar refractivity (Wildman–Crippen MR) is 155 cm³/mol. The van der Waals surface area contributed by atoms with Gasteiger partial charge in [0, 0.05) is 36.9 Å². The number of fused-ring (bicyclic) bond motifs is 3. The van der Waals surface area contributed by atoms with Gasteiger partial charge in [0.05, 0.1) is 24.7 Å². The largest absolute Gasteiger partial charge is 0.378 e. The minimum atomic E-state index is -0.808. The third kappa shape index (κ3) is 4.88. The summed E-state index contributed by atoms with van der Waals surface area (Å²) < 4.78 is 20.0. The van der Waals surface area contributed by atoms with E-state index in [0.717, 1.165) is 40.8 Å². The van der Waals surface area contributed by atoms with Crippen LogP contribution in [-0.2, 0) is 23.0 Å². The van der Waals surface area contributed by atoms with Crippen molar-refractivity contribution in [1.29, 1.82) is 5.26 Å². The monoisotopic (exact) mass is 582 g/mol. The maximum atomic E-state index is 14.6. The van der Waals surface area contributed by atoms with Crippen LogP contribution < -0.4 is 5.32 Å². The average Bonchev–Trinajstić information content (AvgIpc) is 3.42. The van der Waals surface area contributed by atoms with Crippen LogP contribution in [0.15, 0.2) is 48.7 Å². The smallest absolute Gasteiger partial charge is 0.254 e. The molecule has 43 heavy (non-hydrogen) atoms. The number of H-pyrrole nitrogens is 1. The van der Waals surface area contributed by atoms with Crippen LogP contribution >= 0.6 is 0 Å². The highest BCUT2D eigenvalue weighted by Gasteiger charge is 2.52. The van der Waals surface area contributed by atoms with Gasteiger partial charge in [-0.3, -0.25) is 4.79 Å². The van der Waals surface area contributed by atoms with Crippen molar-refractivity contribution >= 4 is 5.91 Å². The molecule has 2 aliphatic carbocycles. The molecule has 3 heterocycles. The van der Waals surface area contributed by atoms with E-state index in [1.54, 1.807) is 6.07 Å². The summed E-state index contributed by atoms with van der Waals surface area (Å²) in [7, 11) is 0. The third-order valence-corrected chi connectivity index (χ3v) is 9.67. The molecule has 2 saturated heterocycles. The standard InChI is InChI=1S/C32H35FN8O2/c1-20(41-26(18-34)16-24-17-29(24)41)19-35-9-8-32(31-36-38-39-37-31)27-6-4-23(30(42)40-10-12-43-13-11-40)14-21(27)2-3-22-15-25(33)5-7-28(22)32/h4-7,14-15,24,26,29,35H,1-3,8-13,16-17,19H2,(H,36,37,38,39)/t24-,26?,29+,32?/m1/s1. The minimum absolute atomic E-state index is 0.0125. The number of morpholine rings is 1. The number of carbonyl (C=O) groups is 1. The highest BCUT2D eigenvalue weighted by molar-refractivity contribution is 5.94. The van der Waals surface area contributed by atoms with Crippen LogP contribution in [0.1, 0.15) is 57.7 Å². The lowest BCUT2D eigenvalue weighted by Gasteiger charge is -2.35. The first-order valence-electron chi connectivity index (χ1n) is 15.1. The van der Waals surface area contributed by atoms with Crippen molar-refractivity contribution in [2.45, 2.75) is 49.6 Å². The zero-order chi connectivity index (χ0) is 29.6. The first-order chi connectivity index (χ1) is 21.0. The molecule has 2 aliphatic heterocycles. The Morgan fingerprint density at radius 2 is 1.93 bits per heavy atom.